The SMILES string of the molecule is Cc1cc([C@H](Nc2ccccn2)c2ccc(C(F)(F)F)cc2)c(NC(=O)c2ccco2)s1. The Morgan fingerprint density at radius 3 is 2.50 bits per heavy atom. The number of furan rings is 1. The summed E-state index contributed by atoms with van der Waals surface area (Å²) >= 11 is 1.37. The highest BCUT2D eigenvalue weighted by atomic mass is 32.1. The van der Waals surface area contributed by atoms with Gasteiger partial charge in [0.25, 0.3) is 5.91 Å². The number of pyridine rings is 1. The van der Waals surface area contributed by atoms with Crippen molar-refractivity contribution in [2.24, 2.45) is 0 Å². The largest absolute Gasteiger partial charge is 0.459 e. The van der Waals surface area contributed by atoms with Gasteiger partial charge in [0.05, 0.1) is 17.9 Å². The van der Waals surface area contributed by atoms with Crippen molar-refractivity contribution in [3.05, 3.63) is 100 Å². The fourth-order valence-corrected chi connectivity index (χ4v) is 4.17. The quantitative estimate of drug-likeness (QED) is 0.346. The van der Waals surface area contributed by atoms with Crippen LogP contribution in [0.5, 0.6) is 0 Å². The molecule has 0 aliphatic rings. The molecule has 5 nitrogen and oxygen atoms in total. The molecule has 2 N–H and O–H groups in total. The van der Waals surface area contributed by atoms with Gasteiger partial charge in [-0.05, 0) is 55.0 Å². The number of aromatic nitrogens is 1. The summed E-state index contributed by atoms with van der Waals surface area (Å²) in [7, 11) is 0. The summed E-state index contributed by atoms with van der Waals surface area (Å²) in [5, 5.41) is 6.69. The minimum Gasteiger partial charge on any atom is -0.459 e. The first-order valence-corrected chi connectivity index (χ1v) is 10.4. The minimum atomic E-state index is -4.43. The number of thiophene rings is 1. The molecule has 4 aromatic rings. The van der Waals surface area contributed by atoms with Crippen molar-refractivity contribution in [2.75, 3.05) is 10.6 Å². The number of nitrogens with one attached hydrogen (secondary N) is 2. The van der Waals surface area contributed by atoms with E-state index in [1.54, 1.807) is 36.5 Å². The summed E-state index contributed by atoms with van der Waals surface area (Å²) in [5.74, 6) is 0.289. The number of carbonyl (C=O) groups is 1. The van der Waals surface area contributed by atoms with Crippen molar-refractivity contribution in [3.63, 3.8) is 0 Å². The lowest BCUT2D eigenvalue weighted by molar-refractivity contribution is -0.137. The first kappa shape index (κ1) is 21.6. The number of aryl methyl sites for hydroxylation is 1. The molecule has 0 radical (unpaired) electrons. The maximum absolute atomic E-state index is 13.1. The zero-order valence-electron chi connectivity index (χ0n) is 16.8. The summed E-state index contributed by atoms with van der Waals surface area (Å²) in [4.78, 5) is 17.8. The highest BCUT2D eigenvalue weighted by molar-refractivity contribution is 7.16. The number of hydrogen-bond acceptors (Lipinski definition) is 5. The van der Waals surface area contributed by atoms with Crippen molar-refractivity contribution < 1.29 is 22.4 Å². The number of rotatable bonds is 6. The highest BCUT2D eigenvalue weighted by Gasteiger charge is 2.31. The number of halogens is 3. The average Bonchev–Trinajstić information content (AvgIpc) is 3.42. The van der Waals surface area contributed by atoms with Crippen LogP contribution < -0.4 is 10.6 Å². The van der Waals surface area contributed by atoms with Crippen LogP contribution >= 0.6 is 11.3 Å². The molecule has 0 saturated carbocycles. The summed E-state index contributed by atoms with van der Waals surface area (Å²) in [6.45, 7) is 1.89. The minimum absolute atomic E-state index is 0.158. The van der Waals surface area contributed by atoms with E-state index in [1.807, 2.05) is 13.0 Å². The van der Waals surface area contributed by atoms with Crippen LogP contribution in [0.2, 0.25) is 0 Å². The van der Waals surface area contributed by atoms with Crippen LogP contribution in [-0.2, 0) is 6.18 Å². The molecule has 3 aromatic heterocycles. The van der Waals surface area contributed by atoms with Gasteiger partial charge in [-0.2, -0.15) is 13.2 Å². The average molecular weight is 457 g/mol. The zero-order chi connectivity index (χ0) is 22.7. The first-order chi connectivity index (χ1) is 15.3. The Balaban J connectivity index is 1.72. The molecule has 0 spiro atoms. The van der Waals surface area contributed by atoms with E-state index in [0.717, 1.165) is 17.0 Å². The molecule has 164 valence electrons. The lowest BCUT2D eigenvalue weighted by Crippen LogP contribution is -2.17. The maximum atomic E-state index is 13.1. The fraction of sp³-hybridized carbons (Fsp3) is 0.130. The van der Waals surface area contributed by atoms with E-state index in [0.29, 0.717) is 21.9 Å². The van der Waals surface area contributed by atoms with Gasteiger partial charge in [-0.15, -0.1) is 11.3 Å². The molecule has 0 fully saturated rings. The second kappa shape index (κ2) is 8.88. The van der Waals surface area contributed by atoms with E-state index < -0.39 is 23.7 Å². The topological polar surface area (TPSA) is 67.2 Å². The summed E-state index contributed by atoms with van der Waals surface area (Å²) < 4.78 is 44.3. The molecule has 0 bridgehead atoms. The van der Waals surface area contributed by atoms with Crippen LogP contribution in [0.3, 0.4) is 0 Å². The van der Waals surface area contributed by atoms with E-state index in [-0.39, 0.29) is 5.76 Å². The molecular formula is C23H18F3N3O2S. The number of benzene rings is 1. The van der Waals surface area contributed by atoms with Crippen LogP contribution in [0.25, 0.3) is 0 Å². The van der Waals surface area contributed by atoms with Gasteiger partial charge in [0.15, 0.2) is 5.76 Å². The summed E-state index contributed by atoms with van der Waals surface area (Å²) in [6.07, 6.45) is -1.41. The van der Waals surface area contributed by atoms with Crippen LogP contribution in [0.15, 0.2) is 77.5 Å². The predicted molar refractivity (Wildman–Crippen MR) is 117 cm³/mol. The maximum Gasteiger partial charge on any atom is 0.416 e. The van der Waals surface area contributed by atoms with E-state index in [4.69, 9.17) is 4.42 Å². The Morgan fingerprint density at radius 2 is 1.88 bits per heavy atom. The smallest absolute Gasteiger partial charge is 0.416 e. The number of anilines is 2. The Kier molecular flexibility index (Phi) is 6.00. The molecule has 1 aromatic carbocycles. The van der Waals surface area contributed by atoms with Crippen LogP contribution in [-0.4, -0.2) is 10.9 Å². The third kappa shape index (κ3) is 4.83. The van der Waals surface area contributed by atoms with Gasteiger partial charge < -0.3 is 15.1 Å². The van der Waals surface area contributed by atoms with Gasteiger partial charge in [-0.25, -0.2) is 4.98 Å². The Bertz CT molecular complexity index is 1190. The Hall–Kier alpha value is -3.59. The second-order valence-corrected chi connectivity index (χ2v) is 8.24. The van der Waals surface area contributed by atoms with Gasteiger partial charge in [0.2, 0.25) is 0 Å². The second-order valence-electron chi connectivity index (χ2n) is 6.99. The van der Waals surface area contributed by atoms with Gasteiger partial charge in [0, 0.05) is 16.6 Å². The molecule has 0 unspecified atom stereocenters. The van der Waals surface area contributed by atoms with Crippen LogP contribution in [0.4, 0.5) is 24.0 Å². The van der Waals surface area contributed by atoms with Gasteiger partial charge in [-0.3, -0.25) is 4.79 Å². The van der Waals surface area contributed by atoms with Gasteiger partial charge >= 0.3 is 6.18 Å². The van der Waals surface area contributed by atoms with Gasteiger partial charge in [-0.1, -0.05) is 18.2 Å². The summed E-state index contributed by atoms with van der Waals surface area (Å²) in [6, 6.07) is 14.8. The number of alkyl halides is 3. The monoisotopic (exact) mass is 457 g/mol. The van der Waals surface area contributed by atoms with E-state index in [1.165, 1.54) is 29.7 Å². The third-order valence-electron chi connectivity index (χ3n) is 4.70. The van der Waals surface area contributed by atoms with Crippen molar-refractivity contribution in [2.45, 2.75) is 19.1 Å². The normalized spacial score (nSPS) is 12.4. The van der Waals surface area contributed by atoms with Gasteiger partial charge in [0.1, 0.15) is 10.8 Å². The molecule has 0 saturated heterocycles. The van der Waals surface area contributed by atoms with E-state index in [2.05, 4.69) is 15.6 Å². The predicted octanol–water partition coefficient (Wildman–Crippen LogP) is 6.52. The molecule has 32 heavy (non-hydrogen) atoms. The van der Waals surface area contributed by atoms with Crippen molar-refractivity contribution >= 4 is 28.1 Å². The number of hydrogen-bond donors (Lipinski definition) is 2. The Labute approximate surface area is 185 Å². The molecule has 1 atom stereocenters. The number of amides is 1. The highest BCUT2D eigenvalue weighted by Crippen LogP contribution is 2.38. The lowest BCUT2D eigenvalue weighted by atomic mass is 9.98. The van der Waals surface area contributed by atoms with Crippen LogP contribution in [0.1, 0.15) is 38.2 Å². The van der Waals surface area contributed by atoms with E-state index >= 15 is 0 Å². The Morgan fingerprint density at radius 1 is 1.09 bits per heavy atom. The molecule has 3 heterocycles. The molecule has 1 amide bonds. The lowest BCUT2D eigenvalue weighted by Gasteiger charge is -2.21. The summed E-state index contributed by atoms with van der Waals surface area (Å²) in [5.41, 5.74) is 0.568. The van der Waals surface area contributed by atoms with Crippen LogP contribution in [0, 0.1) is 6.92 Å². The van der Waals surface area contributed by atoms with E-state index in [9.17, 15) is 18.0 Å². The van der Waals surface area contributed by atoms with Crippen molar-refractivity contribution in [1.29, 1.82) is 0 Å². The van der Waals surface area contributed by atoms with Crippen molar-refractivity contribution in [3.8, 4) is 0 Å². The number of nitrogens with zero attached hydrogens (tertiary/aromatic N) is 1. The molecular weight excluding hydrogens is 439 g/mol. The molecule has 0 aliphatic heterocycles. The molecule has 4 rings (SSSR count). The standard InChI is InChI=1S/C23H18F3N3O2S/c1-14-13-17(22(32-14)29-21(30)18-5-4-12-31-18)20(28-19-6-2-3-11-27-19)15-7-9-16(10-8-15)23(24,25)26/h2-13,20H,1H3,(H,27,28)(H,29,30)/t20-/m1/s1. The zero-order valence-corrected chi connectivity index (χ0v) is 17.6. The van der Waals surface area contributed by atoms with Crippen molar-refractivity contribution in [1.82, 2.24) is 4.98 Å². The molecule has 9 heteroatoms. The third-order valence-corrected chi connectivity index (χ3v) is 5.68. The fourth-order valence-electron chi connectivity index (χ4n) is 3.22. The molecule has 0 aliphatic carbocycles. The number of carbonyl (C=O) groups excluding carboxylic acids is 1. The first-order valence-electron chi connectivity index (χ1n) is 9.61.